The number of ether oxygens (including phenoxy) is 2. The van der Waals surface area contributed by atoms with Crippen LogP contribution in [0.1, 0.15) is 23.2 Å². The number of likely N-dealkylation sites (N-methyl/N-ethyl adjacent to an activating group) is 1. The van der Waals surface area contributed by atoms with Crippen LogP contribution in [0, 0.1) is 0 Å². The van der Waals surface area contributed by atoms with E-state index in [0.29, 0.717) is 24.5 Å². The van der Waals surface area contributed by atoms with Gasteiger partial charge in [0, 0.05) is 13.6 Å². The van der Waals surface area contributed by atoms with Crippen molar-refractivity contribution in [1.82, 2.24) is 10.2 Å². The fourth-order valence-corrected chi connectivity index (χ4v) is 2.67. The van der Waals surface area contributed by atoms with Gasteiger partial charge in [-0.15, -0.1) is 0 Å². The number of hydrogen-bond acceptors (Lipinski definition) is 5. The molecule has 1 aromatic rings. The first-order chi connectivity index (χ1) is 10.7. The molecule has 0 spiro atoms. The van der Waals surface area contributed by atoms with E-state index in [4.69, 9.17) is 4.74 Å². The summed E-state index contributed by atoms with van der Waals surface area (Å²) < 4.78 is 10.4. The summed E-state index contributed by atoms with van der Waals surface area (Å²) in [5.41, 5.74) is 0.462. The monoisotopic (exact) mass is 306 g/mol. The van der Waals surface area contributed by atoms with Crippen molar-refractivity contribution >= 4 is 11.9 Å². The second-order valence-corrected chi connectivity index (χ2v) is 5.18. The lowest BCUT2D eigenvalue weighted by Crippen LogP contribution is -2.43. The second-order valence-electron chi connectivity index (χ2n) is 5.18. The van der Waals surface area contributed by atoms with Gasteiger partial charge < -0.3 is 14.8 Å². The minimum Gasteiger partial charge on any atom is -0.492 e. The average molecular weight is 306 g/mol. The van der Waals surface area contributed by atoms with Gasteiger partial charge in [0.2, 0.25) is 5.91 Å². The number of benzene rings is 1. The van der Waals surface area contributed by atoms with Crippen LogP contribution in [-0.4, -0.2) is 56.7 Å². The Kier molecular flexibility index (Phi) is 5.77. The molecule has 6 heteroatoms. The molecule has 0 aromatic heterocycles. The van der Waals surface area contributed by atoms with Crippen molar-refractivity contribution in [1.29, 1.82) is 0 Å². The van der Waals surface area contributed by atoms with E-state index >= 15 is 0 Å². The van der Waals surface area contributed by atoms with E-state index in [1.807, 2.05) is 0 Å². The topological polar surface area (TPSA) is 67.9 Å². The molecular formula is C16H22N2O4. The van der Waals surface area contributed by atoms with Crippen molar-refractivity contribution in [2.45, 2.75) is 18.9 Å². The molecule has 2 rings (SSSR count). The van der Waals surface area contributed by atoms with Gasteiger partial charge in [-0.25, -0.2) is 4.79 Å². The van der Waals surface area contributed by atoms with Crippen molar-refractivity contribution < 1.29 is 19.1 Å². The van der Waals surface area contributed by atoms with Gasteiger partial charge in [-0.3, -0.25) is 9.69 Å². The van der Waals surface area contributed by atoms with Crippen LogP contribution in [-0.2, 0) is 9.53 Å². The normalized spacial score (nSPS) is 18.0. The number of nitrogens with zero attached hydrogens (tertiary/aromatic N) is 1. The molecule has 1 aliphatic heterocycles. The highest BCUT2D eigenvalue weighted by Gasteiger charge is 2.29. The molecule has 1 saturated heterocycles. The van der Waals surface area contributed by atoms with Gasteiger partial charge in [0.05, 0.1) is 18.7 Å². The summed E-state index contributed by atoms with van der Waals surface area (Å²) in [5.74, 6) is 0.299. The van der Waals surface area contributed by atoms with Crippen molar-refractivity contribution in [2.75, 3.05) is 33.9 Å². The molecular weight excluding hydrogens is 284 g/mol. The third-order valence-corrected chi connectivity index (χ3v) is 3.82. The first-order valence-electron chi connectivity index (χ1n) is 7.42. The Labute approximate surface area is 130 Å². The average Bonchev–Trinajstić information content (AvgIpc) is 3.02. The number of hydrogen-bond donors (Lipinski definition) is 1. The number of amides is 1. The third-order valence-electron chi connectivity index (χ3n) is 3.82. The summed E-state index contributed by atoms with van der Waals surface area (Å²) in [6.45, 7) is 2.06. The van der Waals surface area contributed by atoms with Gasteiger partial charge in [-0.1, -0.05) is 6.07 Å². The van der Waals surface area contributed by atoms with Gasteiger partial charge in [0.1, 0.15) is 12.4 Å². The predicted molar refractivity (Wildman–Crippen MR) is 81.9 cm³/mol. The molecule has 0 aliphatic carbocycles. The summed E-state index contributed by atoms with van der Waals surface area (Å²) in [6, 6.07) is 6.83. The lowest BCUT2D eigenvalue weighted by molar-refractivity contribution is -0.125. The minimum absolute atomic E-state index is 0.0602. The molecule has 1 aliphatic rings. The highest BCUT2D eigenvalue weighted by Crippen LogP contribution is 2.18. The van der Waals surface area contributed by atoms with E-state index in [2.05, 4.69) is 15.0 Å². The molecule has 0 saturated carbocycles. The van der Waals surface area contributed by atoms with E-state index in [0.717, 1.165) is 19.4 Å². The van der Waals surface area contributed by atoms with Gasteiger partial charge in [0.15, 0.2) is 0 Å². The Hall–Kier alpha value is -2.08. The fraction of sp³-hybridized carbons (Fsp3) is 0.500. The summed E-state index contributed by atoms with van der Waals surface area (Å²) in [7, 11) is 3.01. The SMILES string of the molecule is CNC(=O)[C@H]1CCCN1CCOc1cccc(C(=O)OC)c1. The van der Waals surface area contributed by atoms with Crippen molar-refractivity contribution in [3.8, 4) is 5.75 Å². The van der Waals surface area contributed by atoms with E-state index in [1.165, 1.54) is 7.11 Å². The lowest BCUT2D eigenvalue weighted by atomic mass is 10.2. The molecule has 0 unspecified atom stereocenters. The maximum atomic E-state index is 11.8. The summed E-state index contributed by atoms with van der Waals surface area (Å²) in [5, 5.41) is 2.70. The quantitative estimate of drug-likeness (QED) is 0.796. The molecule has 120 valence electrons. The zero-order valence-corrected chi connectivity index (χ0v) is 13.0. The molecule has 22 heavy (non-hydrogen) atoms. The first-order valence-corrected chi connectivity index (χ1v) is 7.42. The van der Waals surface area contributed by atoms with E-state index in [-0.39, 0.29) is 17.9 Å². The molecule has 1 aromatic carbocycles. The van der Waals surface area contributed by atoms with Gasteiger partial charge in [-0.05, 0) is 37.6 Å². The molecule has 1 N–H and O–H groups in total. The van der Waals surface area contributed by atoms with Gasteiger partial charge in [0.25, 0.3) is 0 Å². The maximum absolute atomic E-state index is 11.8. The van der Waals surface area contributed by atoms with Crippen LogP contribution in [0.4, 0.5) is 0 Å². The minimum atomic E-state index is -0.385. The predicted octanol–water partition coefficient (Wildman–Crippen LogP) is 1.06. The molecule has 1 amide bonds. The van der Waals surface area contributed by atoms with Crippen LogP contribution in [0.25, 0.3) is 0 Å². The summed E-state index contributed by atoms with van der Waals surface area (Å²) in [6.07, 6.45) is 1.91. The largest absolute Gasteiger partial charge is 0.492 e. The van der Waals surface area contributed by atoms with Crippen LogP contribution in [0.2, 0.25) is 0 Å². The van der Waals surface area contributed by atoms with Crippen molar-refractivity contribution in [2.24, 2.45) is 0 Å². The van der Waals surface area contributed by atoms with E-state index in [1.54, 1.807) is 31.3 Å². The Morgan fingerprint density at radius 3 is 2.95 bits per heavy atom. The molecule has 1 atom stereocenters. The zero-order valence-electron chi connectivity index (χ0n) is 13.0. The second kappa shape index (κ2) is 7.79. The fourth-order valence-electron chi connectivity index (χ4n) is 2.67. The van der Waals surface area contributed by atoms with E-state index in [9.17, 15) is 9.59 Å². The molecule has 0 radical (unpaired) electrons. The van der Waals surface area contributed by atoms with Crippen molar-refractivity contribution in [3.05, 3.63) is 29.8 Å². The number of carbonyl (C=O) groups excluding carboxylic acids is 2. The number of likely N-dealkylation sites (tertiary alicyclic amines) is 1. The summed E-state index contributed by atoms with van der Waals surface area (Å²) in [4.78, 5) is 25.4. The number of rotatable bonds is 6. The standard InChI is InChI=1S/C16H22N2O4/c1-17-15(19)14-7-4-8-18(14)9-10-22-13-6-3-5-12(11-13)16(20)21-2/h3,5-6,11,14H,4,7-10H2,1-2H3,(H,17,19)/t14-/m1/s1. The van der Waals surface area contributed by atoms with Crippen LogP contribution >= 0.6 is 0 Å². The lowest BCUT2D eigenvalue weighted by Gasteiger charge is -2.22. The number of carbonyl (C=O) groups is 2. The van der Waals surface area contributed by atoms with Gasteiger partial charge in [-0.2, -0.15) is 0 Å². The number of nitrogens with one attached hydrogen (secondary N) is 1. The zero-order chi connectivity index (χ0) is 15.9. The number of esters is 1. The first kappa shape index (κ1) is 16.3. The molecule has 1 fully saturated rings. The van der Waals surface area contributed by atoms with Crippen molar-refractivity contribution in [3.63, 3.8) is 0 Å². The third kappa shape index (κ3) is 3.98. The maximum Gasteiger partial charge on any atom is 0.337 e. The molecule has 0 bridgehead atoms. The van der Waals surface area contributed by atoms with Crippen LogP contribution in [0.5, 0.6) is 5.75 Å². The Bertz CT molecular complexity index is 533. The molecule has 6 nitrogen and oxygen atoms in total. The smallest absolute Gasteiger partial charge is 0.337 e. The Morgan fingerprint density at radius 2 is 2.23 bits per heavy atom. The Balaban J connectivity index is 1.86. The van der Waals surface area contributed by atoms with E-state index < -0.39 is 0 Å². The van der Waals surface area contributed by atoms with Crippen LogP contribution in [0.15, 0.2) is 24.3 Å². The number of methoxy groups -OCH3 is 1. The van der Waals surface area contributed by atoms with Gasteiger partial charge >= 0.3 is 5.97 Å². The highest BCUT2D eigenvalue weighted by molar-refractivity contribution is 5.89. The Morgan fingerprint density at radius 1 is 1.41 bits per heavy atom. The van der Waals surface area contributed by atoms with Crippen LogP contribution in [0.3, 0.4) is 0 Å². The molecule has 1 heterocycles. The summed E-state index contributed by atoms with van der Waals surface area (Å²) >= 11 is 0. The highest BCUT2D eigenvalue weighted by atomic mass is 16.5. The van der Waals surface area contributed by atoms with Crippen LogP contribution < -0.4 is 10.1 Å².